The number of carbonyl (C=O) groups excluding carboxylic acids is 2. The number of fused-ring (bicyclic) bond motifs is 2. The third-order valence-corrected chi connectivity index (χ3v) is 6.18. The van der Waals surface area contributed by atoms with Crippen LogP contribution in [0.15, 0.2) is 109 Å². The van der Waals surface area contributed by atoms with E-state index in [2.05, 4.69) is 46.3 Å². The number of hydrogen-bond donors (Lipinski definition) is 1. The van der Waals surface area contributed by atoms with Gasteiger partial charge in [0.25, 0.3) is 5.91 Å². The van der Waals surface area contributed by atoms with Crippen LogP contribution >= 0.6 is 0 Å². The molecule has 34 heavy (non-hydrogen) atoms. The van der Waals surface area contributed by atoms with E-state index in [1.54, 1.807) is 30.3 Å². The van der Waals surface area contributed by atoms with Gasteiger partial charge in [-0.2, -0.15) is 0 Å². The van der Waals surface area contributed by atoms with Crippen LogP contribution in [0.3, 0.4) is 0 Å². The number of amides is 3. The van der Waals surface area contributed by atoms with Gasteiger partial charge < -0.3 is 9.88 Å². The lowest BCUT2D eigenvalue weighted by molar-refractivity contribution is -0.113. The fourth-order valence-electron chi connectivity index (χ4n) is 4.56. The quantitative estimate of drug-likeness (QED) is 0.276. The Morgan fingerprint density at radius 1 is 0.765 bits per heavy atom. The third kappa shape index (κ3) is 3.44. The van der Waals surface area contributed by atoms with E-state index in [-0.39, 0.29) is 11.6 Å². The zero-order valence-corrected chi connectivity index (χ0v) is 18.3. The Kier molecular flexibility index (Phi) is 4.73. The zero-order chi connectivity index (χ0) is 23.1. The molecule has 0 radical (unpaired) electrons. The van der Waals surface area contributed by atoms with E-state index >= 15 is 0 Å². The summed E-state index contributed by atoms with van der Waals surface area (Å²) in [7, 11) is 0. The van der Waals surface area contributed by atoms with Gasteiger partial charge in [-0.15, -0.1) is 0 Å². The molecule has 3 amide bonds. The summed E-state index contributed by atoms with van der Waals surface area (Å²) >= 11 is 0. The number of aromatic nitrogens is 1. The van der Waals surface area contributed by atoms with Crippen molar-refractivity contribution in [2.45, 2.75) is 6.54 Å². The molecule has 1 aliphatic heterocycles. The van der Waals surface area contributed by atoms with Crippen LogP contribution in [-0.4, -0.2) is 16.5 Å². The number of nitrogens with zero attached hydrogens (tertiary/aromatic N) is 2. The van der Waals surface area contributed by atoms with E-state index in [9.17, 15) is 9.59 Å². The average Bonchev–Trinajstić information content (AvgIpc) is 3.35. The second-order valence-electron chi connectivity index (χ2n) is 8.38. The van der Waals surface area contributed by atoms with Gasteiger partial charge in [-0.25, -0.2) is 9.69 Å². The third-order valence-electron chi connectivity index (χ3n) is 6.18. The minimum Gasteiger partial charge on any atom is -0.342 e. The Morgan fingerprint density at radius 3 is 2.35 bits per heavy atom. The normalized spacial score (nSPS) is 14.9. The summed E-state index contributed by atoms with van der Waals surface area (Å²) in [5.74, 6) is -0.359. The molecule has 0 saturated carbocycles. The summed E-state index contributed by atoms with van der Waals surface area (Å²) < 4.78 is 2.18. The zero-order valence-electron chi connectivity index (χ0n) is 18.3. The lowest BCUT2D eigenvalue weighted by atomic mass is 10.1. The predicted molar refractivity (Wildman–Crippen MR) is 135 cm³/mol. The molecule has 1 saturated heterocycles. The smallest absolute Gasteiger partial charge is 0.333 e. The van der Waals surface area contributed by atoms with E-state index in [4.69, 9.17) is 0 Å². The number of rotatable bonds is 4. The number of anilines is 1. The number of urea groups is 1. The van der Waals surface area contributed by atoms with E-state index < -0.39 is 6.03 Å². The summed E-state index contributed by atoms with van der Waals surface area (Å²) in [4.78, 5) is 26.8. The van der Waals surface area contributed by atoms with Gasteiger partial charge in [0.1, 0.15) is 5.70 Å². The summed E-state index contributed by atoms with van der Waals surface area (Å²) in [6, 6.07) is 31.4. The highest BCUT2D eigenvalue weighted by atomic mass is 16.2. The highest BCUT2D eigenvalue weighted by molar-refractivity contribution is 6.28. The van der Waals surface area contributed by atoms with Gasteiger partial charge in [0.05, 0.1) is 5.69 Å². The Bertz CT molecular complexity index is 1600. The van der Waals surface area contributed by atoms with Crippen molar-refractivity contribution in [2.75, 3.05) is 4.90 Å². The Hall–Kier alpha value is -4.64. The first kappa shape index (κ1) is 20.0. The van der Waals surface area contributed by atoms with Crippen molar-refractivity contribution < 1.29 is 9.59 Å². The first-order valence-corrected chi connectivity index (χ1v) is 11.2. The monoisotopic (exact) mass is 443 g/mol. The first-order chi connectivity index (χ1) is 16.7. The van der Waals surface area contributed by atoms with Crippen LogP contribution in [0.2, 0.25) is 0 Å². The van der Waals surface area contributed by atoms with Crippen LogP contribution in [0.4, 0.5) is 10.5 Å². The van der Waals surface area contributed by atoms with Crippen LogP contribution in [0.25, 0.3) is 27.8 Å². The summed E-state index contributed by atoms with van der Waals surface area (Å²) in [5.41, 5.74) is 3.96. The maximum absolute atomic E-state index is 13.0. The van der Waals surface area contributed by atoms with Gasteiger partial charge in [0, 0.05) is 29.2 Å². The second-order valence-corrected chi connectivity index (χ2v) is 8.38. The lowest BCUT2D eigenvalue weighted by Gasteiger charge is -2.10. The van der Waals surface area contributed by atoms with E-state index in [0.717, 1.165) is 16.5 Å². The van der Waals surface area contributed by atoms with Crippen molar-refractivity contribution in [2.24, 2.45) is 0 Å². The maximum atomic E-state index is 13.0. The molecule has 1 aliphatic rings. The van der Waals surface area contributed by atoms with Crippen molar-refractivity contribution in [3.05, 3.63) is 120 Å². The minimum absolute atomic E-state index is 0.266. The molecule has 0 aliphatic carbocycles. The van der Waals surface area contributed by atoms with E-state index in [1.165, 1.54) is 21.2 Å². The molecule has 0 unspecified atom stereocenters. The predicted octanol–water partition coefficient (Wildman–Crippen LogP) is 5.94. The van der Waals surface area contributed by atoms with Gasteiger partial charge in [0.15, 0.2) is 0 Å². The van der Waals surface area contributed by atoms with Gasteiger partial charge >= 0.3 is 6.03 Å². The highest BCUT2D eigenvalue weighted by Crippen LogP contribution is 2.27. The molecule has 1 aromatic heterocycles. The molecule has 2 heterocycles. The maximum Gasteiger partial charge on any atom is 0.333 e. The van der Waals surface area contributed by atoms with Crippen molar-refractivity contribution in [3.8, 4) is 0 Å². The van der Waals surface area contributed by atoms with Crippen molar-refractivity contribution in [1.82, 2.24) is 9.88 Å². The van der Waals surface area contributed by atoms with Gasteiger partial charge in [-0.1, -0.05) is 72.8 Å². The molecular weight excluding hydrogens is 422 g/mol. The van der Waals surface area contributed by atoms with Gasteiger partial charge in [-0.3, -0.25) is 4.79 Å². The molecule has 5 heteroatoms. The molecule has 4 aromatic carbocycles. The number of benzene rings is 4. The fourth-order valence-corrected chi connectivity index (χ4v) is 4.56. The molecule has 1 fully saturated rings. The standard InChI is InChI=1S/C29H21N3O2/c33-28-26(30-29(34)32(28)24-10-2-1-3-11-24)17-23-19-31(27-13-7-6-12-25(23)27)18-20-14-15-21-8-4-5-9-22(21)16-20/h1-17,19H,18H2,(H,30,34)/b26-17+. The Balaban J connectivity index is 1.37. The van der Waals surface area contributed by atoms with E-state index in [0.29, 0.717) is 12.2 Å². The van der Waals surface area contributed by atoms with Crippen LogP contribution in [-0.2, 0) is 11.3 Å². The Morgan fingerprint density at radius 2 is 1.50 bits per heavy atom. The average molecular weight is 444 g/mol. The number of imide groups is 1. The van der Waals surface area contributed by atoms with Crippen LogP contribution in [0.1, 0.15) is 11.1 Å². The SMILES string of the molecule is O=C1N/C(=C/c2cn(Cc3ccc4ccccc4c3)c3ccccc23)C(=O)N1c1ccccc1. The van der Waals surface area contributed by atoms with Gasteiger partial charge in [0.2, 0.25) is 0 Å². The largest absolute Gasteiger partial charge is 0.342 e. The van der Waals surface area contributed by atoms with Crippen LogP contribution < -0.4 is 10.2 Å². The molecule has 0 atom stereocenters. The van der Waals surface area contributed by atoms with Crippen molar-refractivity contribution in [3.63, 3.8) is 0 Å². The number of carbonyl (C=O) groups is 2. The summed E-state index contributed by atoms with van der Waals surface area (Å²) in [6.45, 7) is 0.699. The fraction of sp³-hybridized carbons (Fsp3) is 0.0345. The topological polar surface area (TPSA) is 54.3 Å². The highest BCUT2D eigenvalue weighted by Gasteiger charge is 2.34. The van der Waals surface area contributed by atoms with E-state index in [1.807, 2.05) is 42.6 Å². The van der Waals surface area contributed by atoms with Gasteiger partial charge in [-0.05, 0) is 46.7 Å². The molecule has 1 N–H and O–H groups in total. The number of hydrogen-bond acceptors (Lipinski definition) is 2. The molecule has 164 valence electrons. The molecular formula is C29H21N3O2. The molecule has 0 bridgehead atoms. The number of para-hydroxylation sites is 2. The van der Waals surface area contributed by atoms with Crippen LogP contribution in [0, 0.1) is 0 Å². The second kappa shape index (κ2) is 8.05. The lowest BCUT2D eigenvalue weighted by Crippen LogP contribution is -2.30. The van der Waals surface area contributed by atoms with Crippen molar-refractivity contribution >= 4 is 45.4 Å². The molecule has 6 rings (SSSR count). The Labute approximate surface area is 196 Å². The van der Waals surface area contributed by atoms with Crippen molar-refractivity contribution in [1.29, 1.82) is 0 Å². The first-order valence-electron chi connectivity index (χ1n) is 11.2. The molecule has 0 spiro atoms. The minimum atomic E-state index is -0.442. The number of nitrogens with one attached hydrogen (secondary N) is 1. The molecule has 5 nitrogen and oxygen atoms in total. The summed E-state index contributed by atoms with van der Waals surface area (Å²) in [6.07, 6.45) is 3.81. The molecule has 5 aromatic rings. The summed E-state index contributed by atoms with van der Waals surface area (Å²) in [5, 5.41) is 6.18. The van der Waals surface area contributed by atoms with Crippen LogP contribution in [0.5, 0.6) is 0 Å².